The number of rotatable bonds is 2. The predicted molar refractivity (Wildman–Crippen MR) is 80.2 cm³/mol. The summed E-state index contributed by atoms with van der Waals surface area (Å²) in [6.45, 7) is 1.97. The van der Waals surface area contributed by atoms with Crippen molar-refractivity contribution in [3.05, 3.63) is 53.3 Å². The van der Waals surface area contributed by atoms with Crippen molar-refractivity contribution in [2.75, 3.05) is 16.6 Å². The molecule has 2 aromatic rings. The minimum atomic E-state index is -3.69. The van der Waals surface area contributed by atoms with Crippen molar-refractivity contribution >= 4 is 21.4 Å². The van der Waals surface area contributed by atoms with Gasteiger partial charge in [-0.1, -0.05) is 0 Å². The van der Waals surface area contributed by atoms with Crippen LogP contribution in [-0.4, -0.2) is 15.0 Å². The molecule has 110 valence electrons. The lowest BCUT2D eigenvalue weighted by Crippen LogP contribution is -2.29. The Morgan fingerprint density at radius 1 is 1.19 bits per heavy atom. The van der Waals surface area contributed by atoms with Gasteiger partial charge in [0.2, 0.25) is 0 Å². The van der Waals surface area contributed by atoms with Crippen LogP contribution in [0.2, 0.25) is 0 Å². The molecule has 6 heteroatoms. The topological polar surface area (TPSA) is 63.4 Å². The zero-order valence-corrected chi connectivity index (χ0v) is 12.3. The molecule has 1 aliphatic rings. The van der Waals surface area contributed by atoms with Crippen molar-refractivity contribution in [2.45, 2.75) is 18.2 Å². The smallest absolute Gasteiger partial charge is 0.264 e. The van der Waals surface area contributed by atoms with Crippen LogP contribution in [0.3, 0.4) is 0 Å². The Kier molecular flexibility index (Phi) is 3.13. The molecule has 0 saturated heterocycles. The van der Waals surface area contributed by atoms with Gasteiger partial charge in [0.25, 0.3) is 10.0 Å². The van der Waals surface area contributed by atoms with E-state index in [0.29, 0.717) is 29.9 Å². The summed E-state index contributed by atoms with van der Waals surface area (Å²) < 4.78 is 40.1. The van der Waals surface area contributed by atoms with Gasteiger partial charge in [-0.15, -0.1) is 0 Å². The average Bonchev–Trinajstić information content (AvgIpc) is 2.81. The molecule has 0 spiro atoms. The van der Waals surface area contributed by atoms with Crippen LogP contribution in [0.1, 0.15) is 11.1 Å². The summed E-state index contributed by atoms with van der Waals surface area (Å²) >= 11 is 0. The molecule has 0 aromatic heterocycles. The Morgan fingerprint density at radius 2 is 1.95 bits per heavy atom. The van der Waals surface area contributed by atoms with Crippen molar-refractivity contribution in [1.29, 1.82) is 0 Å². The molecule has 0 bridgehead atoms. The molecular weight excluding hydrogens is 291 g/mol. The van der Waals surface area contributed by atoms with E-state index in [2.05, 4.69) is 0 Å². The van der Waals surface area contributed by atoms with Gasteiger partial charge >= 0.3 is 0 Å². The quantitative estimate of drug-likeness (QED) is 0.867. The molecule has 0 fully saturated rings. The van der Waals surface area contributed by atoms with Gasteiger partial charge in [-0.2, -0.15) is 0 Å². The SMILES string of the molecule is Cc1cc(F)ccc1S(=O)(=O)N1CCc2cc(N)ccc21. The standard InChI is InChI=1S/C15H15FN2O2S/c1-10-8-12(16)2-5-15(10)21(19,20)18-7-6-11-9-13(17)3-4-14(11)18/h2-5,8-9H,6-7,17H2,1H3. The molecular formula is C15H15FN2O2S. The van der Waals surface area contributed by atoms with Crippen LogP contribution in [0.15, 0.2) is 41.3 Å². The Labute approximate surface area is 123 Å². The molecule has 21 heavy (non-hydrogen) atoms. The summed E-state index contributed by atoms with van der Waals surface area (Å²) in [6.07, 6.45) is 0.625. The van der Waals surface area contributed by atoms with Crippen molar-refractivity contribution in [3.63, 3.8) is 0 Å². The minimum Gasteiger partial charge on any atom is -0.399 e. The van der Waals surface area contributed by atoms with E-state index < -0.39 is 15.8 Å². The van der Waals surface area contributed by atoms with E-state index in [9.17, 15) is 12.8 Å². The molecule has 3 rings (SSSR count). The van der Waals surface area contributed by atoms with Gasteiger partial charge in [0.05, 0.1) is 10.6 Å². The molecule has 0 aliphatic carbocycles. The Bertz CT molecular complexity index is 818. The number of hydrogen-bond acceptors (Lipinski definition) is 3. The number of anilines is 2. The van der Waals surface area contributed by atoms with Crippen LogP contribution in [0.25, 0.3) is 0 Å². The van der Waals surface area contributed by atoms with Crippen molar-refractivity contribution in [2.24, 2.45) is 0 Å². The second-order valence-electron chi connectivity index (χ2n) is 5.13. The van der Waals surface area contributed by atoms with Crippen LogP contribution < -0.4 is 10.0 Å². The number of fused-ring (bicyclic) bond motifs is 1. The van der Waals surface area contributed by atoms with Crippen LogP contribution in [0.5, 0.6) is 0 Å². The summed E-state index contributed by atoms with van der Waals surface area (Å²) in [6, 6.07) is 8.91. The normalized spacial score (nSPS) is 14.3. The van der Waals surface area contributed by atoms with Gasteiger partial charge in [-0.3, -0.25) is 4.31 Å². The van der Waals surface area contributed by atoms with Crippen molar-refractivity contribution in [1.82, 2.24) is 0 Å². The maximum absolute atomic E-state index is 13.2. The molecule has 1 aliphatic heterocycles. The summed E-state index contributed by atoms with van der Waals surface area (Å²) in [7, 11) is -3.69. The number of aryl methyl sites for hydroxylation is 1. The van der Waals surface area contributed by atoms with E-state index in [1.165, 1.54) is 22.5 Å². The lowest BCUT2D eigenvalue weighted by Gasteiger charge is -2.20. The second-order valence-corrected chi connectivity index (χ2v) is 6.96. The van der Waals surface area contributed by atoms with Crippen LogP contribution in [0.4, 0.5) is 15.8 Å². The fraction of sp³-hybridized carbons (Fsp3) is 0.200. The zero-order valence-electron chi connectivity index (χ0n) is 11.5. The predicted octanol–water partition coefficient (Wildman–Crippen LogP) is 2.47. The molecule has 2 aromatic carbocycles. The summed E-state index contributed by atoms with van der Waals surface area (Å²) in [4.78, 5) is 0.133. The zero-order chi connectivity index (χ0) is 15.2. The van der Waals surface area contributed by atoms with Gasteiger partial charge in [0, 0.05) is 12.2 Å². The summed E-state index contributed by atoms with van der Waals surface area (Å²) in [5.41, 5.74) is 8.31. The highest BCUT2D eigenvalue weighted by atomic mass is 32.2. The number of sulfonamides is 1. The van der Waals surface area contributed by atoms with E-state index in [4.69, 9.17) is 5.73 Å². The molecule has 0 amide bonds. The third-order valence-electron chi connectivity index (χ3n) is 3.66. The average molecular weight is 306 g/mol. The third-order valence-corrected chi connectivity index (χ3v) is 5.63. The van der Waals surface area contributed by atoms with E-state index in [-0.39, 0.29) is 4.90 Å². The fourth-order valence-electron chi connectivity index (χ4n) is 2.66. The highest BCUT2D eigenvalue weighted by molar-refractivity contribution is 7.93. The third kappa shape index (κ3) is 2.25. The lowest BCUT2D eigenvalue weighted by atomic mass is 10.1. The van der Waals surface area contributed by atoms with E-state index in [0.717, 1.165) is 5.56 Å². The van der Waals surface area contributed by atoms with Gasteiger partial charge in [-0.05, 0) is 60.9 Å². The first-order valence-corrected chi connectivity index (χ1v) is 8.01. The lowest BCUT2D eigenvalue weighted by molar-refractivity contribution is 0.590. The van der Waals surface area contributed by atoms with E-state index >= 15 is 0 Å². The Balaban J connectivity index is 2.09. The fourth-order valence-corrected chi connectivity index (χ4v) is 4.37. The first-order valence-electron chi connectivity index (χ1n) is 6.57. The number of nitrogen functional groups attached to an aromatic ring is 1. The minimum absolute atomic E-state index is 0.133. The van der Waals surface area contributed by atoms with Gasteiger partial charge < -0.3 is 5.73 Å². The number of benzene rings is 2. The van der Waals surface area contributed by atoms with Crippen LogP contribution >= 0.6 is 0 Å². The number of nitrogens with zero attached hydrogens (tertiary/aromatic N) is 1. The van der Waals surface area contributed by atoms with Crippen molar-refractivity contribution in [3.8, 4) is 0 Å². The van der Waals surface area contributed by atoms with Gasteiger partial charge in [0.15, 0.2) is 0 Å². The monoisotopic (exact) mass is 306 g/mol. The highest BCUT2D eigenvalue weighted by Crippen LogP contribution is 2.34. The maximum Gasteiger partial charge on any atom is 0.264 e. The van der Waals surface area contributed by atoms with Gasteiger partial charge in [-0.25, -0.2) is 12.8 Å². The van der Waals surface area contributed by atoms with Crippen molar-refractivity contribution < 1.29 is 12.8 Å². The first kappa shape index (κ1) is 13.9. The highest BCUT2D eigenvalue weighted by Gasteiger charge is 2.31. The molecule has 0 radical (unpaired) electrons. The van der Waals surface area contributed by atoms with Crippen LogP contribution in [0, 0.1) is 12.7 Å². The maximum atomic E-state index is 13.2. The number of halogens is 1. The molecule has 0 unspecified atom stereocenters. The van der Waals surface area contributed by atoms with Crippen LogP contribution in [-0.2, 0) is 16.4 Å². The van der Waals surface area contributed by atoms with Gasteiger partial charge in [0.1, 0.15) is 5.82 Å². The Hall–Kier alpha value is -2.08. The number of nitrogens with two attached hydrogens (primary N) is 1. The van der Waals surface area contributed by atoms with E-state index in [1.807, 2.05) is 0 Å². The molecule has 1 heterocycles. The Morgan fingerprint density at radius 3 is 2.67 bits per heavy atom. The molecule has 0 saturated carbocycles. The number of hydrogen-bond donors (Lipinski definition) is 1. The largest absolute Gasteiger partial charge is 0.399 e. The van der Waals surface area contributed by atoms with E-state index in [1.54, 1.807) is 25.1 Å². The first-order chi connectivity index (χ1) is 9.89. The molecule has 0 atom stereocenters. The molecule has 2 N–H and O–H groups in total. The summed E-state index contributed by atoms with van der Waals surface area (Å²) in [5.74, 6) is -0.443. The summed E-state index contributed by atoms with van der Waals surface area (Å²) in [5, 5.41) is 0. The molecule has 4 nitrogen and oxygen atoms in total. The second kappa shape index (κ2) is 4.73.